The summed E-state index contributed by atoms with van der Waals surface area (Å²) >= 11 is 0. The molecule has 0 radical (unpaired) electrons. The summed E-state index contributed by atoms with van der Waals surface area (Å²) in [6.45, 7) is 3.47. The molecule has 1 atom stereocenters. The Hall–Kier alpha value is -3.78. The summed E-state index contributed by atoms with van der Waals surface area (Å²) in [6.07, 6.45) is 5.88. The topological polar surface area (TPSA) is 83.3 Å². The van der Waals surface area contributed by atoms with Gasteiger partial charge in [0.05, 0.1) is 11.7 Å². The molecule has 2 N–H and O–H groups in total. The van der Waals surface area contributed by atoms with Gasteiger partial charge in [0.15, 0.2) is 11.6 Å². The van der Waals surface area contributed by atoms with Gasteiger partial charge in [0.25, 0.3) is 5.91 Å². The molecule has 1 amide bonds. The number of pyridine rings is 1. The van der Waals surface area contributed by atoms with Crippen LogP contribution in [0.1, 0.15) is 47.4 Å². The summed E-state index contributed by atoms with van der Waals surface area (Å²) in [4.78, 5) is 18.4. The molecular weight excluding hydrogens is 433 g/mol. The van der Waals surface area contributed by atoms with Gasteiger partial charge < -0.3 is 15.3 Å². The number of carbonyl (C=O) groups excluding carboxylic acids is 1. The van der Waals surface area contributed by atoms with Crippen molar-refractivity contribution in [1.29, 1.82) is 0 Å². The SMILES string of the molecule is CC1(n2cc(C(O)c3ccc4c5c(cccc35)C(=O)N4)cn2)CCN(c2ncccc2F)CC1. The number of benzene rings is 2. The Bertz CT molecular complexity index is 1420. The van der Waals surface area contributed by atoms with E-state index in [1.165, 1.54) is 6.07 Å². The first-order valence-electron chi connectivity index (χ1n) is 11.4. The molecule has 4 aromatic rings. The minimum absolute atomic E-state index is 0.120. The van der Waals surface area contributed by atoms with Crippen molar-refractivity contribution in [3.8, 4) is 0 Å². The standard InChI is InChI=1S/C26H24FN5O2/c1-26(9-12-31(13-10-26)24-20(27)6-3-11-28-24)32-15-16(14-29-32)23(33)18-7-8-21-22-17(18)4-2-5-19(22)25(34)30-21/h2-8,11,14-15,23,33H,9-10,12-13H2,1H3,(H,30,34). The Balaban J connectivity index is 1.26. The summed E-state index contributed by atoms with van der Waals surface area (Å²) in [5, 5.41) is 20.4. The Morgan fingerprint density at radius 3 is 2.76 bits per heavy atom. The maximum atomic E-state index is 14.2. The lowest BCUT2D eigenvalue weighted by Crippen LogP contribution is -2.45. The summed E-state index contributed by atoms with van der Waals surface area (Å²) < 4.78 is 16.1. The zero-order chi connectivity index (χ0) is 23.4. The molecule has 2 aromatic carbocycles. The van der Waals surface area contributed by atoms with Gasteiger partial charge in [-0.3, -0.25) is 9.48 Å². The number of carbonyl (C=O) groups is 1. The van der Waals surface area contributed by atoms with Crippen molar-refractivity contribution in [2.45, 2.75) is 31.4 Å². The number of anilines is 2. The third-order valence-electron chi connectivity index (χ3n) is 7.21. The van der Waals surface area contributed by atoms with Gasteiger partial charge in [0, 0.05) is 47.7 Å². The molecule has 172 valence electrons. The van der Waals surface area contributed by atoms with Crippen molar-refractivity contribution in [2.24, 2.45) is 0 Å². The summed E-state index contributed by atoms with van der Waals surface area (Å²) in [6, 6.07) is 12.3. The van der Waals surface area contributed by atoms with Crippen molar-refractivity contribution >= 4 is 28.2 Å². The van der Waals surface area contributed by atoms with Gasteiger partial charge in [-0.15, -0.1) is 0 Å². The van der Waals surface area contributed by atoms with Crippen LogP contribution in [-0.4, -0.2) is 38.9 Å². The van der Waals surface area contributed by atoms with Crippen molar-refractivity contribution in [1.82, 2.24) is 14.8 Å². The average Bonchev–Trinajstić information content (AvgIpc) is 3.47. The van der Waals surface area contributed by atoms with Crippen LogP contribution in [0.25, 0.3) is 10.8 Å². The normalized spacial score (nSPS) is 17.7. The third-order valence-corrected chi connectivity index (χ3v) is 7.21. The van der Waals surface area contributed by atoms with Gasteiger partial charge in [0.1, 0.15) is 6.10 Å². The second kappa shape index (κ2) is 7.63. The van der Waals surface area contributed by atoms with Crippen LogP contribution in [0.5, 0.6) is 0 Å². The lowest BCUT2D eigenvalue weighted by molar-refractivity contribution is 0.103. The van der Waals surface area contributed by atoms with Crippen LogP contribution in [0, 0.1) is 5.82 Å². The first-order chi connectivity index (χ1) is 16.4. The molecule has 0 spiro atoms. The number of hydrogen-bond acceptors (Lipinski definition) is 5. The van der Waals surface area contributed by atoms with Crippen molar-refractivity contribution in [2.75, 3.05) is 23.3 Å². The molecule has 0 saturated carbocycles. The molecule has 2 aliphatic rings. The van der Waals surface area contributed by atoms with E-state index in [0.29, 0.717) is 30.0 Å². The predicted molar refractivity (Wildman–Crippen MR) is 127 cm³/mol. The van der Waals surface area contributed by atoms with E-state index in [1.807, 2.05) is 40.0 Å². The fourth-order valence-electron chi connectivity index (χ4n) is 5.14. The number of rotatable bonds is 4. The number of piperidine rings is 1. The second-order valence-electron chi connectivity index (χ2n) is 9.30. The van der Waals surface area contributed by atoms with Gasteiger partial charge in [-0.1, -0.05) is 18.2 Å². The van der Waals surface area contributed by atoms with Gasteiger partial charge >= 0.3 is 0 Å². The van der Waals surface area contributed by atoms with E-state index >= 15 is 0 Å². The molecule has 4 heterocycles. The molecule has 2 aromatic heterocycles. The molecule has 6 rings (SSSR count). The highest BCUT2D eigenvalue weighted by molar-refractivity contribution is 6.24. The lowest BCUT2D eigenvalue weighted by Gasteiger charge is -2.40. The molecule has 8 heteroatoms. The molecule has 0 bridgehead atoms. The maximum Gasteiger partial charge on any atom is 0.256 e. The van der Waals surface area contributed by atoms with Gasteiger partial charge in [-0.25, -0.2) is 9.37 Å². The van der Waals surface area contributed by atoms with Crippen LogP contribution < -0.4 is 10.2 Å². The number of aliphatic hydroxyl groups is 1. The van der Waals surface area contributed by atoms with Crippen LogP contribution in [0.3, 0.4) is 0 Å². The number of halogens is 1. The second-order valence-corrected chi connectivity index (χ2v) is 9.30. The lowest BCUT2D eigenvalue weighted by atomic mass is 9.89. The van der Waals surface area contributed by atoms with Gasteiger partial charge in [-0.05, 0) is 55.0 Å². The summed E-state index contributed by atoms with van der Waals surface area (Å²) in [5.74, 6) is -0.0380. The number of aromatic nitrogens is 3. The van der Waals surface area contributed by atoms with E-state index in [0.717, 1.165) is 34.9 Å². The van der Waals surface area contributed by atoms with Crippen LogP contribution in [0.15, 0.2) is 61.1 Å². The van der Waals surface area contributed by atoms with Gasteiger partial charge in [0.2, 0.25) is 0 Å². The van der Waals surface area contributed by atoms with E-state index in [-0.39, 0.29) is 17.3 Å². The molecular formula is C26H24FN5O2. The maximum absolute atomic E-state index is 14.2. The highest BCUT2D eigenvalue weighted by atomic mass is 19.1. The third kappa shape index (κ3) is 3.17. The summed E-state index contributed by atoms with van der Waals surface area (Å²) in [5.41, 5.74) is 2.57. The van der Waals surface area contributed by atoms with Crippen LogP contribution >= 0.6 is 0 Å². The number of amides is 1. The quantitative estimate of drug-likeness (QED) is 0.479. The van der Waals surface area contributed by atoms with Crippen molar-refractivity contribution in [3.05, 3.63) is 83.6 Å². The first kappa shape index (κ1) is 20.8. The Labute approximate surface area is 195 Å². The molecule has 34 heavy (non-hydrogen) atoms. The smallest absolute Gasteiger partial charge is 0.256 e. The first-order valence-corrected chi connectivity index (χ1v) is 11.4. The van der Waals surface area contributed by atoms with Crippen LogP contribution in [0.4, 0.5) is 15.9 Å². The summed E-state index contributed by atoms with van der Waals surface area (Å²) in [7, 11) is 0. The highest BCUT2D eigenvalue weighted by Gasteiger charge is 2.34. The van der Waals surface area contributed by atoms with E-state index in [9.17, 15) is 14.3 Å². The molecule has 7 nitrogen and oxygen atoms in total. The van der Waals surface area contributed by atoms with Crippen LogP contribution in [0.2, 0.25) is 0 Å². The fourth-order valence-corrected chi connectivity index (χ4v) is 5.14. The molecule has 0 aliphatic carbocycles. The van der Waals surface area contributed by atoms with Crippen molar-refractivity contribution in [3.63, 3.8) is 0 Å². The molecule has 1 unspecified atom stereocenters. The zero-order valence-electron chi connectivity index (χ0n) is 18.7. The van der Waals surface area contributed by atoms with Crippen molar-refractivity contribution < 1.29 is 14.3 Å². The minimum Gasteiger partial charge on any atom is -0.384 e. The molecule has 1 fully saturated rings. The minimum atomic E-state index is -0.875. The van der Waals surface area contributed by atoms with E-state index in [1.54, 1.807) is 24.5 Å². The predicted octanol–water partition coefficient (Wildman–Crippen LogP) is 4.23. The molecule has 2 aliphatic heterocycles. The van der Waals surface area contributed by atoms with Gasteiger partial charge in [-0.2, -0.15) is 5.10 Å². The number of nitrogens with one attached hydrogen (secondary N) is 1. The fraction of sp³-hybridized carbons (Fsp3) is 0.269. The largest absolute Gasteiger partial charge is 0.384 e. The zero-order valence-corrected chi connectivity index (χ0v) is 18.7. The Kier molecular flexibility index (Phi) is 4.67. The monoisotopic (exact) mass is 457 g/mol. The Morgan fingerprint density at radius 1 is 1.15 bits per heavy atom. The number of aliphatic hydroxyl groups excluding tert-OH is 1. The number of nitrogens with zero attached hydrogens (tertiary/aromatic N) is 4. The average molecular weight is 458 g/mol. The van der Waals surface area contributed by atoms with E-state index in [4.69, 9.17) is 0 Å². The van der Waals surface area contributed by atoms with E-state index in [2.05, 4.69) is 22.3 Å². The number of hydrogen-bond donors (Lipinski definition) is 2. The Morgan fingerprint density at radius 2 is 1.97 bits per heavy atom. The highest BCUT2D eigenvalue weighted by Crippen LogP contribution is 2.39. The molecule has 1 saturated heterocycles. The van der Waals surface area contributed by atoms with E-state index < -0.39 is 6.10 Å². The van der Waals surface area contributed by atoms with Crippen LogP contribution in [-0.2, 0) is 5.54 Å².